The predicted molar refractivity (Wildman–Crippen MR) is 240 cm³/mol. The van der Waals surface area contributed by atoms with Gasteiger partial charge in [0, 0.05) is 34.9 Å². The second-order valence-electron chi connectivity index (χ2n) is 19.0. The first-order valence-electron chi connectivity index (χ1n) is 22.0. The Hall–Kier alpha value is -5.36. The van der Waals surface area contributed by atoms with Crippen LogP contribution in [0, 0.1) is 11.7 Å². The largest absolute Gasteiger partial charge is 0.459 e. The lowest BCUT2D eigenvalue weighted by atomic mass is 10.0. The number of ether oxygens (including phenoxy) is 2. The van der Waals surface area contributed by atoms with Crippen molar-refractivity contribution in [1.29, 1.82) is 0 Å². The molecule has 0 unspecified atom stereocenters. The number of benzene rings is 2. The van der Waals surface area contributed by atoms with E-state index in [1.807, 2.05) is 54.1 Å². The molecule has 5 atom stereocenters. The van der Waals surface area contributed by atoms with Crippen LogP contribution in [0.15, 0.2) is 60.0 Å². The van der Waals surface area contributed by atoms with E-state index in [0.29, 0.717) is 41.9 Å². The highest BCUT2D eigenvalue weighted by Crippen LogP contribution is 2.48. The Morgan fingerprint density at radius 1 is 1.05 bits per heavy atom. The third kappa shape index (κ3) is 9.26. The van der Waals surface area contributed by atoms with Gasteiger partial charge >= 0.3 is 6.09 Å². The molecule has 0 bridgehead atoms. The van der Waals surface area contributed by atoms with E-state index < -0.39 is 73.8 Å². The summed E-state index contributed by atoms with van der Waals surface area (Å²) in [6, 6.07) is 9.85. The Labute approximate surface area is 376 Å². The first-order chi connectivity index (χ1) is 30.3. The van der Waals surface area contributed by atoms with Gasteiger partial charge < -0.3 is 25.0 Å². The number of nitrogens with one attached hydrogen (secondary N) is 3. The van der Waals surface area contributed by atoms with Gasteiger partial charge in [-0.2, -0.15) is 4.98 Å². The van der Waals surface area contributed by atoms with Crippen molar-refractivity contribution in [3.63, 3.8) is 0 Å². The fraction of sp³-hybridized carbons (Fsp3) is 0.522. The Balaban J connectivity index is 1.12. The van der Waals surface area contributed by atoms with Gasteiger partial charge in [-0.15, -0.1) is 11.3 Å². The first kappa shape index (κ1) is 45.2. The summed E-state index contributed by atoms with van der Waals surface area (Å²) in [6.07, 6.45) is 6.38. The molecule has 4 heterocycles. The van der Waals surface area contributed by atoms with Crippen molar-refractivity contribution in [2.24, 2.45) is 5.92 Å². The Kier molecular flexibility index (Phi) is 12.2. The minimum atomic E-state index is -4.02. The summed E-state index contributed by atoms with van der Waals surface area (Å²) in [5.74, 6) is -2.77. The van der Waals surface area contributed by atoms with Crippen LogP contribution in [-0.4, -0.2) is 92.3 Å². The molecule has 1 saturated heterocycles. The molecule has 4 aromatic rings. The number of halogens is 1. The lowest BCUT2D eigenvalue weighted by Gasteiger charge is -2.30. The SMILES string of the molecule is CC(C)n1c(O[C@@H]2C[C@H]3C(=O)N[C@]4(C(=O)NS(=O)(=O)C5(C)CC5)C[C@@H]4/C=C\CCCCC[C@H](NC(=O)OC(C)(C)C)C(=O)N3C2)nc2c(-c3nc(-c4ccc(F)cc4)cs3)cccc21. The van der Waals surface area contributed by atoms with Crippen LogP contribution in [0.3, 0.4) is 0 Å². The highest BCUT2D eigenvalue weighted by molar-refractivity contribution is 7.91. The molecule has 64 heavy (non-hydrogen) atoms. The van der Waals surface area contributed by atoms with Crippen molar-refractivity contribution < 1.29 is 41.5 Å². The summed E-state index contributed by atoms with van der Waals surface area (Å²) in [5.41, 5.74) is 1.25. The second kappa shape index (κ2) is 17.2. The number of imidazole rings is 1. The van der Waals surface area contributed by atoms with Gasteiger partial charge in [0.1, 0.15) is 45.7 Å². The van der Waals surface area contributed by atoms with Crippen molar-refractivity contribution in [3.05, 3.63) is 65.8 Å². The zero-order chi connectivity index (χ0) is 45.8. The van der Waals surface area contributed by atoms with Crippen molar-refractivity contribution >= 4 is 56.2 Å². The van der Waals surface area contributed by atoms with Gasteiger partial charge in [-0.3, -0.25) is 23.7 Å². The number of thiazole rings is 1. The van der Waals surface area contributed by atoms with E-state index in [9.17, 15) is 32.0 Å². The van der Waals surface area contributed by atoms with Crippen LogP contribution < -0.4 is 20.1 Å². The Morgan fingerprint density at radius 2 is 1.80 bits per heavy atom. The molecule has 18 heteroatoms. The molecule has 3 N–H and O–H groups in total. The van der Waals surface area contributed by atoms with Crippen LogP contribution in [0.2, 0.25) is 0 Å². The maximum Gasteiger partial charge on any atom is 0.408 e. The van der Waals surface area contributed by atoms with Gasteiger partial charge in [-0.25, -0.2) is 22.6 Å². The van der Waals surface area contributed by atoms with Gasteiger partial charge in [0.05, 0.1) is 22.5 Å². The second-order valence-corrected chi connectivity index (χ2v) is 22.0. The quantitative estimate of drug-likeness (QED) is 0.145. The summed E-state index contributed by atoms with van der Waals surface area (Å²) in [7, 11) is -4.02. The van der Waals surface area contributed by atoms with E-state index in [1.165, 1.54) is 28.4 Å². The highest BCUT2D eigenvalue weighted by Gasteiger charge is 2.63. The van der Waals surface area contributed by atoms with E-state index in [2.05, 4.69) is 15.4 Å². The topological polar surface area (TPSA) is 191 Å². The lowest BCUT2D eigenvalue weighted by molar-refractivity contribution is -0.141. The normalized spacial score (nSPS) is 25.3. The van der Waals surface area contributed by atoms with Crippen LogP contribution in [0.25, 0.3) is 32.9 Å². The molecule has 0 spiro atoms. The third-order valence-electron chi connectivity index (χ3n) is 12.5. The maximum absolute atomic E-state index is 14.8. The molecule has 2 aliphatic heterocycles. The predicted octanol–water partition coefficient (Wildman–Crippen LogP) is 7.18. The summed E-state index contributed by atoms with van der Waals surface area (Å²) >= 11 is 1.43. The number of nitrogens with zero attached hydrogens (tertiary/aromatic N) is 4. The zero-order valence-corrected chi connectivity index (χ0v) is 38.6. The number of fused-ring (bicyclic) bond motifs is 3. The van der Waals surface area contributed by atoms with Gasteiger partial charge in [-0.1, -0.05) is 31.1 Å². The highest BCUT2D eigenvalue weighted by atomic mass is 32.2. The standard InChI is InChI=1S/C46H56FN7O8S2/c1-27(2)54-35-16-12-14-32(39-48-34(26-63-39)28-17-19-30(47)20-18-28)37(35)50-42(54)61-31-23-36-38(55)51-46(41(57)52-64(59,60)45(6)21-22-45)24-29(46)13-10-8-7-9-11-15-33(40(56)53(36)25-31)49-43(58)62-44(3,4)5/h10,12-14,16-20,26-27,29,31,33,36H,7-9,11,15,21-25H2,1-6H3,(H,49,58)(H,51,55)(H,52,57)/b13-10-/t29-,31+,33-,36-,46+/m0/s1. The molecule has 2 saturated carbocycles. The van der Waals surface area contributed by atoms with Crippen LogP contribution in [0.4, 0.5) is 9.18 Å². The molecule has 2 aromatic carbocycles. The fourth-order valence-electron chi connectivity index (χ4n) is 8.55. The summed E-state index contributed by atoms with van der Waals surface area (Å²) in [4.78, 5) is 67.9. The Bertz CT molecular complexity index is 2600. The molecule has 0 radical (unpaired) electrons. The molecule has 2 aromatic heterocycles. The summed E-state index contributed by atoms with van der Waals surface area (Å²) in [6.45, 7) is 10.7. The molecular weight excluding hydrogens is 862 g/mol. The molecule has 15 nitrogen and oxygen atoms in total. The molecule has 342 valence electrons. The number of rotatable bonds is 9. The first-order valence-corrected chi connectivity index (χ1v) is 24.4. The zero-order valence-electron chi connectivity index (χ0n) is 37.0. The molecular formula is C46H56FN7O8S2. The number of hydrogen-bond acceptors (Lipinski definition) is 11. The van der Waals surface area contributed by atoms with E-state index in [-0.39, 0.29) is 43.7 Å². The minimum absolute atomic E-state index is 0.00692. The van der Waals surface area contributed by atoms with Gasteiger partial charge in [0.25, 0.3) is 11.9 Å². The van der Waals surface area contributed by atoms with Gasteiger partial charge in [-0.05, 0) is 116 Å². The average Bonchev–Trinajstić information content (AvgIpc) is 3.90. The molecule has 4 aliphatic rings. The minimum Gasteiger partial charge on any atom is -0.459 e. The average molecular weight is 918 g/mol. The molecule has 2 aliphatic carbocycles. The monoisotopic (exact) mass is 917 g/mol. The summed E-state index contributed by atoms with van der Waals surface area (Å²) < 4.78 is 55.7. The molecule has 4 amide bonds. The number of allylic oxidation sites excluding steroid dienone is 1. The van der Waals surface area contributed by atoms with E-state index in [0.717, 1.165) is 29.5 Å². The van der Waals surface area contributed by atoms with E-state index in [1.54, 1.807) is 39.8 Å². The number of para-hydroxylation sites is 1. The number of sulfonamides is 1. The van der Waals surface area contributed by atoms with Crippen LogP contribution in [0.5, 0.6) is 6.01 Å². The van der Waals surface area contributed by atoms with Crippen molar-refractivity contribution in [3.8, 4) is 27.8 Å². The van der Waals surface area contributed by atoms with Crippen LogP contribution >= 0.6 is 11.3 Å². The lowest BCUT2D eigenvalue weighted by Crippen LogP contribution is -2.58. The Morgan fingerprint density at radius 3 is 2.50 bits per heavy atom. The van der Waals surface area contributed by atoms with E-state index >= 15 is 0 Å². The third-order valence-corrected chi connectivity index (χ3v) is 15.6. The van der Waals surface area contributed by atoms with Gasteiger partial charge in [0.2, 0.25) is 21.8 Å². The van der Waals surface area contributed by atoms with Crippen molar-refractivity contribution in [2.75, 3.05) is 6.54 Å². The number of hydrogen-bond donors (Lipinski definition) is 3. The molecule has 3 fully saturated rings. The van der Waals surface area contributed by atoms with E-state index in [4.69, 9.17) is 19.4 Å². The smallest absolute Gasteiger partial charge is 0.408 e. The van der Waals surface area contributed by atoms with Crippen LogP contribution in [0.1, 0.15) is 105 Å². The number of alkyl carbamates (subject to hydrolysis) is 1. The maximum atomic E-state index is 14.8. The van der Waals surface area contributed by atoms with Crippen molar-refractivity contribution in [2.45, 2.75) is 139 Å². The number of carbonyl (C=O) groups is 4. The number of amides is 4. The fourth-order valence-corrected chi connectivity index (χ4v) is 10.7. The molecule has 8 rings (SSSR count). The van der Waals surface area contributed by atoms with Gasteiger partial charge in [0.15, 0.2) is 0 Å². The van der Waals surface area contributed by atoms with Crippen molar-refractivity contribution in [1.82, 2.24) is 34.8 Å². The van der Waals surface area contributed by atoms with Crippen LogP contribution in [-0.2, 0) is 29.1 Å². The number of carbonyl (C=O) groups excluding carboxylic acids is 4. The number of aromatic nitrogens is 3. The summed E-state index contributed by atoms with van der Waals surface area (Å²) in [5, 5.41) is 8.29.